The number of carbonyl (C=O) groups excluding carboxylic acids is 1. The summed E-state index contributed by atoms with van der Waals surface area (Å²) in [4.78, 5) is 14.4. The second-order valence-electron chi connectivity index (χ2n) is 5.03. The zero-order valence-electron chi connectivity index (χ0n) is 13.7. The van der Waals surface area contributed by atoms with E-state index in [1.54, 1.807) is 43.4 Å². The van der Waals surface area contributed by atoms with Crippen LogP contribution in [0.3, 0.4) is 0 Å². The van der Waals surface area contributed by atoms with Gasteiger partial charge in [-0.1, -0.05) is 0 Å². The van der Waals surface area contributed by atoms with Crippen LogP contribution in [0.25, 0.3) is 0 Å². The second kappa shape index (κ2) is 7.13. The van der Waals surface area contributed by atoms with Crippen molar-refractivity contribution in [2.45, 2.75) is 13.8 Å². The number of carbonyl (C=O) groups is 1. The van der Waals surface area contributed by atoms with Gasteiger partial charge < -0.3 is 14.4 Å². The van der Waals surface area contributed by atoms with E-state index in [-0.39, 0.29) is 11.7 Å². The molecular weight excluding hydrogens is 297 g/mol. The number of rotatable bonds is 5. The summed E-state index contributed by atoms with van der Waals surface area (Å²) in [5.74, 6) is 0.636. The summed E-state index contributed by atoms with van der Waals surface area (Å²) in [7, 11) is 3.10. The Balaban J connectivity index is 2.43. The SMILES string of the molecule is CCN(C(=O)c1cc(OC)c(C)c(OC)c1)c1ccc(F)cc1. The molecule has 2 rings (SSSR count). The third-order valence-electron chi connectivity index (χ3n) is 3.70. The molecule has 0 bridgehead atoms. The standard InChI is InChI=1S/C18H20FNO3/c1-5-20(15-8-6-14(19)7-9-15)18(21)13-10-16(22-3)12(2)17(11-13)23-4/h6-11H,5H2,1-4H3. The Morgan fingerprint density at radius 2 is 1.61 bits per heavy atom. The number of methoxy groups -OCH3 is 2. The number of hydrogen-bond acceptors (Lipinski definition) is 3. The van der Waals surface area contributed by atoms with Gasteiger partial charge >= 0.3 is 0 Å². The molecule has 0 aliphatic rings. The topological polar surface area (TPSA) is 38.8 Å². The average molecular weight is 317 g/mol. The fourth-order valence-corrected chi connectivity index (χ4v) is 2.43. The maximum atomic E-state index is 13.1. The molecule has 0 saturated heterocycles. The van der Waals surface area contributed by atoms with Crippen LogP contribution in [0.2, 0.25) is 0 Å². The number of anilines is 1. The fraction of sp³-hybridized carbons (Fsp3) is 0.278. The fourth-order valence-electron chi connectivity index (χ4n) is 2.43. The zero-order valence-corrected chi connectivity index (χ0v) is 13.7. The van der Waals surface area contributed by atoms with Crippen molar-refractivity contribution in [2.24, 2.45) is 0 Å². The number of benzene rings is 2. The molecule has 2 aromatic carbocycles. The molecule has 0 unspecified atom stereocenters. The number of hydrogen-bond donors (Lipinski definition) is 0. The lowest BCUT2D eigenvalue weighted by Gasteiger charge is -2.22. The van der Waals surface area contributed by atoms with Crippen LogP contribution in [0.5, 0.6) is 11.5 Å². The molecule has 0 saturated carbocycles. The lowest BCUT2D eigenvalue weighted by Crippen LogP contribution is -2.30. The lowest BCUT2D eigenvalue weighted by molar-refractivity contribution is 0.0987. The Bertz CT molecular complexity index is 673. The van der Waals surface area contributed by atoms with Gasteiger partial charge in [0, 0.05) is 23.4 Å². The van der Waals surface area contributed by atoms with Crippen LogP contribution >= 0.6 is 0 Å². The maximum Gasteiger partial charge on any atom is 0.258 e. The highest BCUT2D eigenvalue weighted by atomic mass is 19.1. The molecule has 4 nitrogen and oxygen atoms in total. The largest absolute Gasteiger partial charge is 0.496 e. The van der Waals surface area contributed by atoms with E-state index < -0.39 is 0 Å². The van der Waals surface area contributed by atoms with Gasteiger partial charge in [0.05, 0.1) is 14.2 Å². The van der Waals surface area contributed by atoms with Crippen molar-refractivity contribution in [3.05, 3.63) is 53.3 Å². The molecule has 0 N–H and O–H groups in total. The number of amides is 1. The Morgan fingerprint density at radius 1 is 1.09 bits per heavy atom. The van der Waals surface area contributed by atoms with Gasteiger partial charge in [-0.3, -0.25) is 4.79 Å². The van der Waals surface area contributed by atoms with Gasteiger partial charge in [0.25, 0.3) is 5.91 Å². The van der Waals surface area contributed by atoms with Gasteiger partial charge in [-0.05, 0) is 50.2 Å². The maximum absolute atomic E-state index is 13.1. The zero-order chi connectivity index (χ0) is 17.0. The van der Waals surface area contributed by atoms with Gasteiger partial charge in [-0.2, -0.15) is 0 Å². The van der Waals surface area contributed by atoms with Gasteiger partial charge in [0.1, 0.15) is 17.3 Å². The van der Waals surface area contributed by atoms with Crippen LogP contribution in [0, 0.1) is 12.7 Å². The molecule has 5 heteroatoms. The summed E-state index contributed by atoms with van der Waals surface area (Å²) >= 11 is 0. The smallest absolute Gasteiger partial charge is 0.258 e. The number of ether oxygens (including phenoxy) is 2. The van der Waals surface area contributed by atoms with E-state index in [4.69, 9.17) is 9.47 Å². The van der Waals surface area contributed by atoms with Crippen molar-refractivity contribution in [1.29, 1.82) is 0 Å². The summed E-state index contributed by atoms with van der Waals surface area (Å²) < 4.78 is 23.7. The van der Waals surface area contributed by atoms with Crippen molar-refractivity contribution in [2.75, 3.05) is 25.7 Å². The molecule has 1 amide bonds. The summed E-state index contributed by atoms with van der Waals surface area (Å²) in [5, 5.41) is 0. The Kier molecular flexibility index (Phi) is 5.21. The first-order valence-electron chi connectivity index (χ1n) is 7.31. The van der Waals surface area contributed by atoms with E-state index in [0.717, 1.165) is 5.56 Å². The van der Waals surface area contributed by atoms with E-state index in [0.29, 0.717) is 29.3 Å². The highest BCUT2D eigenvalue weighted by molar-refractivity contribution is 6.06. The molecule has 23 heavy (non-hydrogen) atoms. The second-order valence-corrected chi connectivity index (χ2v) is 5.03. The van der Waals surface area contributed by atoms with Crippen molar-refractivity contribution >= 4 is 11.6 Å². The van der Waals surface area contributed by atoms with Crippen LogP contribution in [-0.4, -0.2) is 26.7 Å². The molecular formula is C18H20FNO3. The van der Waals surface area contributed by atoms with Crippen LogP contribution in [-0.2, 0) is 0 Å². The van der Waals surface area contributed by atoms with E-state index in [1.165, 1.54) is 12.1 Å². The first kappa shape index (κ1) is 16.8. The van der Waals surface area contributed by atoms with Gasteiger partial charge in [-0.15, -0.1) is 0 Å². The Morgan fingerprint density at radius 3 is 2.04 bits per heavy atom. The van der Waals surface area contributed by atoms with Crippen molar-refractivity contribution in [3.8, 4) is 11.5 Å². The minimum atomic E-state index is -0.337. The van der Waals surface area contributed by atoms with Gasteiger partial charge in [0.2, 0.25) is 0 Å². The predicted molar refractivity (Wildman–Crippen MR) is 88.0 cm³/mol. The van der Waals surface area contributed by atoms with E-state index in [2.05, 4.69) is 0 Å². The van der Waals surface area contributed by atoms with Crippen LogP contribution in [0.4, 0.5) is 10.1 Å². The average Bonchev–Trinajstić information content (AvgIpc) is 2.57. The van der Waals surface area contributed by atoms with E-state index >= 15 is 0 Å². The van der Waals surface area contributed by atoms with Crippen LogP contribution in [0.15, 0.2) is 36.4 Å². The molecule has 0 spiro atoms. The Labute approximate surface area is 135 Å². The third-order valence-corrected chi connectivity index (χ3v) is 3.70. The molecule has 0 atom stereocenters. The molecule has 122 valence electrons. The highest BCUT2D eigenvalue weighted by Gasteiger charge is 2.19. The molecule has 0 radical (unpaired) electrons. The molecule has 0 aliphatic heterocycles. The molecule has 0 fully saturated rings. The monoisotopic (exact) mass is 317 g/mol. The van der Waals surface area contributed by atoms with Crippen LogP contribution < -0.4 is 14.4 Å². The van der Waals surface area contributed by atoms with Gasteiger partial charge in [-0.25, -0.2) is 4.39 Å². The first-order valence-corrected chi connectivity index (χ1v) is 7.31. The summed E-state index contributed by atoms with van der Waals surface area (Å²) in [6, 6.07) is 9.21. The van der Waals surface area contributed by atoms with Gasteiger partial charge in [0.15, 0.2) is 0 Å². The van der Waals surface area contributed by atoms with E-state index in [9.17, 15) is 9.18 Å². The van der Waals surface area contributed by atoms with Crippen LogP contribution in [0.1, 0.15) is 22.8 Å². The molecule has 2 aromatic rings. The number of halogens is 1. The van der Waals surface area contributed by atoms with Crippen molar-refractivity contribution in [3.63, 3.8) is 0 Å². The highest BCUT2D eigenvalue weighted by Crippen LogP contribution is 2.30. The molecule has 0 aromatic heterocycles. The normalized spacial score (nSPS) is 10.3. The Hall–Kier alpha value is -2.56. The van der Waals surface area contributed by atoms with Crippen molar-refractivity contribution in [1.82, 2.24) is 0 Å². The summed E-state index contributed by atoms with van der Waals surface area (Å²) in [6.07, 6.45) is 0. The van der Waals surface area contributed by atoms with E-state index in [1.807, 2.05) is 13.8 Å². The number of nitrogens with zero attached hydrogens (tertiary/aromatic N) is 1. The van der Waals surface area contributed by atoms with Crippen molar-refractivity contribution < 1.29 is 18.7 Å². The molecule has 0 heterocycles. The first-order chi connectivity index (χ1) is 11.0. The molecule has 0 aliphatic carbocycles. The minimum Gasteiger partial charge on any atom is -0.496 e. The quantitative estimate of drug-likeness (QED) is 0.841. The third kappa shape index (κ3) is 3.44. The lowest BCUT2D eigenvalue weighted by atomic mass is 10.1. The summed E-state index contributed by atoms with van der Waals surface area (Å²) in [5.41, 5.74) is 1.92. The summed E-state index contributed by atoms with van der Waals surface area (Å²) in [6.45, 7) is 4.19. The minimum absolute atomic E-state index is 0.198. The predicted octanol–water partition coefficient (Wildman–Crippen LogP) is 3.82.